The first-order chi connectivity index (χ1) is 9.49. The van der Waals surface area contributed by atoms with Crippen molar-refractivity contribution >= 4 is 23.3 Å². The number of anilines is 1. The van der Waals surface area contributed by atoms with E-state index in [1.807, 2.05) is 13.0 Å². The molecule has 0 bridgehead atoms. The van der Waals surface area contributed by atoms with Crippen molar-refractivity contribution in [1.29, 1.82) is 0 Å². The number of carboxylic acid groups (broad SMARTS) is 1. The fraction of sp³-hybridized carbons (Fsp3) is 0.533. The summed E-state index contributed by atoms with van der Waals surface area (Å²) in [6.45, 7) is 5.31. The van der Waals surface area contributed by atoms with Crippen LogP contribution in [0.3, 0.4) is 0 Å². The molecule has 112 valence electrons. The van der Waals surface area contributed by atoms with Crippen molar-refractivity contribution in [3.63, 3.8) is 0 Å². The van der Waals surface area contributed by atoms with Gasteiger partial charge in [0.1, 0.15) is 5.75 Å². The van der Waals surface area contributed by atoms with Crippen molar-refractivity contribution in [2.75, 3.05) is 25.1 Å². The van der Waals surface area contributed by atoms with Gasteiger partial charge < -0.3 is 14.7 Å². The van der Waals surface area contributed by atoms with Crippen molar-refractivity contribution in [2.24, 2.45) is 0 Å². The van der Waals surface area contributed by atoms with E-state index in [1.165, 1.54) is 0 Å². The van der Waals surface area contributed by atoms with Gasteiger partial charge in [-0.05, 0) is 25.0 Å². The smallest absolute Gasteiger partial charge is 0.305 e. The molecule has 0 aliphatic carbocycles. The Labute approximate surface area is 125 Å². The Bertz CT molecular complexity index is 463. The zero-order valence-corrected chi connectivity index (χ0v) is 13.0. The summed E-state index contributed by atoms with van der Waals surface area (Å²) in [6.07, 6.45) is 2.16. The fourth-order valence-corrected chi connectivity index (χ4v) is 2.14. The molecule has 1 aromatic rings. The standard InChI is InChI=1S/C15H22ClNO3/c1-4-5-7-17(8-6-15(18)19)13-9-11(2)12(16)10-14(13)20-3/h9-10H,4-8H2,1-3H3,(H,18,19). The molecule has 0 aliphatic rings. The van der Waals surface area contributed by atoms with E-state index in [9.17, 15) is 4.79 Å². The second kappa shape index (κ2) is 8.00. The van der Waals surface area contributed by atoms with Crippen LogP contribution >= 0.6 is 11.6 Å². The number of benzene rings is 1. The quantitative estimate of drug-likeness (QED) is 0.794. The Morgan fingerprint density at radius 3 is 2.65 bits per heavy atom. The zero-order chi connectivity index (χ0) is 15.1. The van der Waals surface area contributed by atoms with E-state index >= 15 is 0 Å². The van der Waals surface area contributed by atoms with Gasteiger partial charge in [-0.3, -0.25) is 4.79 Å². The first kappa shape index (κ1) is 16.6. The molecular formula is C15H22ClNO3. The molecule has 20 heavy (non-hydrogen) atoms. The molecule has 0 atom stereocenters. The lowest BCUT2D eigenvalue weighted by atomic mass is 10.1. The Kier molecular flexibility index (Phi) is 6.65. The Morgan fingerprint density at radius 1 is 1.40 bits per heavy atom. The molecule has 0 saturated heterocycles. The predicted molar refractivity (Wildman–Crippen MR) is 82.1 cm³/mol. The van der Waals surface area contributed by atoms with Gasteiger partial charge in [0.2, 0.25) is 0 Å². The van der Waals surface area contributed by atoms with Crippen LogP contribution in [0.25, 0.3) is 0 Å². The van der Waals surface area contributed by atoms with E-state index in [1.54, 1.807) is 13.2 Å². The van der Waals surface area contributed by atoms with Gasteiger partial charge in [-0.25, -0.2) is 0 Å². The summed E-state index contributed by atoms with van der Waals surface area (Å²) in [5.74, 6) is -0.113. The maximum atomic E-state index is 10.8. The molecule has 0 saturated carbocycles. The Balaban J connectivity index is 3.04. The minimum absolute atomic E-state index is 0.106. The van der Waals surface area contributed by atoms with Gasteiger partial charge in [-0.2, -0.15) is 0 Å². The molecule has 0 unspecified atom stereocenters. The van der Waals surface area contributed by atoms with Crippen LogP contribution in [0, 0.1) is 6.92 Å². The average molecular weight is 300 g/mol. The van der Waals surface area contributed by atoms with Crippen LogP contribution in [0.2, 0.25) is 5.02 Å². The van der Waals surface area contributed by atoms with Crippen LogP contribution < -0.4 is 9.64 Å². The van der Waals surface area contributed by atoms with Gasteiger partial charge in [0.15, 0.2) is 0 Å². The Morgan fingerprint density at radius 2 is 2.10 bits per heavy atom. The normalized spacial score (nSPS) is 10.4. The highest BCUT2D eigenvalue weighted by Crippen LogP contribution is 2.34. The van der Waals surface area contributed by atoms with E-state index in [2.05, 4.69) is 11.8 Å². The monoisotopic (exact) mass is 299 g/mol. The number of hydrogen-bond acceptors (Lipinski definition) is 3. The van der Waals surface area contributed by atoms with Crippen molar-refractivity contribution in [2.45, 2.75) is 33.1 Å². The Hall–Kier alpha value is -1.42. The van der Waals surface area contributed by atoms with E-state index in [4.69, 9.17) is 21.4 Å². The number of aliphatic carboxylic acids is 1. The first-order valence-electron chi connectivity index (χ1n) is 6.80. The minimum Gasteiger partial charge on any atom is -0.495 e. The summed E-state index contributed by atoms with van der Waals surface area (Å²) in [4.78, 5) is 12.9. The van der Waals surface area contributed by atoms with Crippen LogP contribution in [0.4, 0.5) is 5.69 Å². The second-order valence-corrected chi connectivity index (χ2v) is 5.16. The minimum atomic E-state index is -0.795. The molecule has 0 aromatic heterocycles. The lowest BCUT2D eigenvalue weighted by Gasteiger charge is -2.26. The highest BCUT2D eigenvalue weighted by Gasteiger charge is 2.15. The van der Waals surface area contributed by atoms with Gasteiger partial charge in [0, 0.05) is 24.2 Å². The third-order valence-corrected chi connectivity index (χ3v) is 3.59. The lowest BCUT2D eigenvalue weighted by molar-refractivity contribution is -0.136. The number of rotatable bonds is 8. The van der Waals surface area contributed by atoms with Crippen LogP contribution in [-0.2, 0) is 4.79 Å². The zero-order valence-electron chi connectivity index (χ0n) is 12.3. The molecule has 0 heterocycles. The van der Waals surface area contributed by atoms with Crippen LogP contribution in [0.5, 0.6) is 5.75 Å². The van der Waals surface area contributed by atoms with Crippen molar-refractivity contribution in [1.82, 2.24) is 0 Å². The van der Waals surface area contributed by atoms with Gasteiger partial charge in [0.05, 0.1) is 19.2 Å². The molecule has 1 N–H and O–H groups in total. The molecule has 1 aromatic carbocycles. The van der Waals surface area contributed by atoms with Crippen molar-refractivity contribution in [3.05, 3.63) is 22.7 Å². The summed E-state index contributed by atoms with van der Waals surface area (Å²) >= 11 is 6.11. The molecule has 5 heteroatoms. The highest BCUT2D eigenvalue weighted by atomic mass is 35.5. The number of methoxy groups -OCH3 is 1. The van der Waals surface area contributed by atoms with E-state index in [-0.39, 0.29) is 6.42 Å². The van der Waals surface area contributed by atoms with Crippen LogP contribution in [0.1, 0.15) is 31.7 Å². The highest BCUT2D eigenvalue weighted by molar-refractivity contribution is 6.31. The number of nitrogens with zero attached hydrogens (tertiary/aromatic N) is 1. The molecule has 4 nitrogen and oxygen atoms in total. The summed E-state index contributed by atoms with van der Waals surface area (Å²) < 4.78 is 5.38. The van der Waals surface area contributed by atoms with E-state index in [0.717, 1.165) is 30.6 Å². The van der Waals surface area contributed by atoms with E-state index < -0.39 is 5.97 Å². The van der Waals surface area contributed by atoms with Gasteiger partial charge >= 0.3 is 5.97 Å². The van der Waals surface area contributed by atoms with Gasteiger partial charge in [-0.1, -0.05) is 24.9 Å². The molecule has 0 fully saturated rings. The third-order valence-electron chi connectivity index (χ3n) is 3.18. The second-order valence-electron chi connectivity index (χ2n) is 4.76. The third kappa shape index (κ3) is 4.60. The van der Waals surface area contributed by atoms with Crippen LogP contribution in [0.15, 0.2) is 12.1 Å². The average Bonchev–Trinajstić information content (AvgIpc) is 2.41. The summed E-state index contributed by atoms with van der Waals surface area (Å²) in [5.41, 5.74) is 1.86. The molecule has 0 amide bonds. The fourth-order valence-electron chi connectivity index (χ4n) is 1.99. The number of carbonyl (C=O) groups is 1. The molecular weight excluding hydrogens is 278 g/mol. The molecule has 0 spiro atoms. The number of ether oxygens (including phenoxy) is 1. The summed E-state index contributed by atoms with van der Waals surface area (Å²) in [6, 6.07) is 3.74. The molecule has 0 aliphatic heterocycles. The SMILES string of the molecule is CCCCN(CCC(=O)O)c1cc(C)c(Cl)cc1OC. The topological polar surface area (TPSA) is 49.8 Å². The van der Waals surface area contributed by atoms with Gasteiger partial charge in [0.25, 0.3) is 0 Å². The number of hydrogen-bond donors (Lipinski definition) is 1. The maximum absolute atomic E-state index is 10.8. The molecule has 1 rings (SSSR count). The predicted octanol–water partition coefficient (Wildman–Crippen LogP) is 3.74. The van der Waals surface area contributed by atoms with Crippen LogP contribution in [-0.4, -0.2) is 31.3 Å². The van der Waals surface area contributed by atoms with E-state index in [0.29, 0.717) is 17.3 Å². The molecule has 0 radical (unpaired) electrons. The number of aryl methyl sites for hydroxylation is 1. The lowest BCUT2D eigenvalue weighted by Crippen LogP contribution is -2.27. The summed E-state index contributed by atoms with van der Waals surface area (Å²) in [7, 11) is 1.60. The van der Waals surface area contributed by atoms with Crippen molar-refractivity contribution < 1.29 is 14.6 Å². The van der Waals surface area contributed by atoms with Crippen molar-refractivity contribution in [3.8, 4) is 5.75 Å². The van der Waals surface area contributed by atoms with Gasteiger partial charge in [-0.15, -0.1) is 0 Å². The number of unbranched alkanes of at least 4 members (excludes halogenated alkanes) is 1. The largest absolute Gasteiger partial charge is 0.495 e. The maximum Gasteiger partial charge on any atom is 0.305 e. The number of carboxylic acids is 1. The first-order valence-corrected chi connectivity index (χ1v) is 7.18. The summed E-state index contributed by atoms with van der Waals surface area (Å²) in [5, 5.41) is 9.53. The number of halogens is 1.